The molecule has 0 spiro atoms. The molecule has 3 nitrogen and oxygen atoms in total. The first-order valence-electron chi connectivity index (χ1n) is 5.87. The van der Waals surface area contributed by atoms with E-state index in [1.807, 2.05) is 36.4 Å². The van der Waals surface area contributed by atoms with Crippen LogP contribution in [0.1, 0.15) is 16.6 Å². The fraction of sp³-hybridized carbons (Fsp3) is 0.214. The van der Waals surface area contributed by atoms with Gasteiger partial charge in [-0.15, -0.1) is 11.3 Å². The van der Waals surface area contributed by atoms with Gasteiger partial charge in [-0.1, -0.05) is 28.1 Å². The van der Waals surface area contributed by atoms with Crippen LogP contribution >= 0.6 is 27.3 Å². The highest BCUT2D eigenvalue weighted by Crippen LogP contribution is 2.29. The first-order chi connectivity index (χ1) is 9.10. The number of aliphatic hydroxyl groups is 1. The average molecular weight is 340 g/mol. The molecule has 1 aromatic carbocycles. The number of rotatable bonds is 4. The average Bonchev–Trinajstić information content (AvgIpc) is 2.89. The highest BCUT2D eigenvalue weighted by Gasteiger charge is 2.12. The Morgan fingerprint density at radius 3 is 2.63 bits per heavy atom. The van der Waals surface area contributed by atoms with Crippen LogP contribution in [-0.2, 0) is 0 Å². The Morgan fingerprint density at radius 1 is 1.32 bits per heavy atom. The Kier molecular flexibility index (Phi) is 4.74. The van der Waals surface area contributed by atoms with Gasteiger partial charge in [0.15, 0.2) is 0 Å². The van der Waals surface area contributed by atoms with E-state index in [1.54, 1.807) is 6.92 Å². The van der Waals surface area contributed by atoms with Gasteiger partial charge in [0.1, 0.15) is 0 Å². The van der Waals surface area contributed by atoms with Crippen molar-refractivity contribution in [2.75, 3.05) is 6.61 Å². The van der Waals surface area contributed by atoms with Gasteiger partial charge in [0, 0.05) is 15.4 Å². The van der Waals surface area contributed by atoms with Crippen molar-refractivity contribution in [3.63, 3.8) is 0 Å². The molecule has 1 amide bonds. The Bertz CT molecular complexity index is 565. The van der Waals surface area contributed by atoms with Gasteiger partial charge >= 0.3 is 0 Å². The second-order valence-corrected chi connectivity index (χ2v) is 6.23. The monoisotopic (exact) mass is 339 g/mol. The molecular formula is C14H14BrNO2S. The minimum atomic E-state index is -0.231. The minimum Gasteiger partial charge on any atom is -0.394 e. The molecule has 19 heavy (non-hydrogen) atoms. The summed E-state index contributed by atoms with van der Waals surface area (Å²) in [6.07, 6.45) is 0. The number of carbonyl (C=O) groups excluding carboxylic acids is 1. The zero-order valence-electron chi connectivity index (χ0n) is 10.4. The predicted molar refractivity (Wildman–Crippen MR) is 81.5 cm³/mol. The van der Waals surface area contributed by atoms with Crippen molar-refractivity contribution in [2.45, 2.75) is 13.0 Å². The summed E-state index contributed by atoms with van der Waals surface area (Å²) in [5, 5.41) is 11.7. The third kappa shape index (κ3) is 3.65. The number of halogens is 1. The van der Waals surface area contributed by atoms with E-state index >= 15 is 0 Å². The number of aliphatic hydroxyl groups excluding tert-OH is 1. The fourth-order valence-corrected chi connectivity index (χ4v) is 2.75. The first kappa shape index (κ1) is 14.2. The number of nitrogens with one attached hydrogen (secondary N) is 1. The second-order valence-electron chi connectivity index (χ2n) is 4.23. The first-order valence-corrected chi connectivity index (χ1v) is 7.48. The molecule has 0 radical (unpaired) electrons. The largest absolute Gasteiger partial charge is 0.394 e. The summed E-state index contributed by atoms with van der Waals surface area (Å²) in [5.74, 6) is -0.144. The summed E-state index contributed by atoms with van der Waals surface area (Å²) < 4.78 is 1.03. The zero-order valence-corrected chi connectivity index (χ0v) is 12.8. The van der Waals surface area contributed by atoms with Crippen LogP contribution in [0.5, 0.6) is 0 Å². The number of thiophene rings is 1. The molecule has 2 rings (SSSR count). The SMILES string of the molecule is CC(CO)NC(=O)c1ccc(-c2ccc(Br)cc2)s1. The maximum absolute atomic E-state index is 11.9. The molecule has 0 saturated carbocycles. The van der Waals surface area contributed by atoms with Gasteiger partial charge in [-0.2, -0.15) is 0 Å². The standard InChI is InChI=1S/C14H14BrNO2S/c1-9(8-17)16-14(18)13-7-6-12(19-13)10-2-4-11(15)5-3-10/h2-7,9,17H,8H2,1H3,(H,16,18). The highest BCUT2D eigenvalue weighted by atomic mass is 79.9. The van der Waals surface area contributed by atoms with Crippen LogP contribution in [0.4, 0.5) is 0 Å². The van der Waals surface area contributed by atoms with Gasteiger partial charge in [0.05, 0.1) is 11.5 Å². The number of benzene rings is 1. The number of hydrogen-bond acceptors (Lipinski definition) is 3. The Balaban J connectivity index is 2.15. The fourth-order valence-electron chi connectivity index (χ4n) is 1.57. The molecule has 1 aromatic heterocycles. The maximum atomic E-state index is 11.9. The van der Waals surface area contributed by atoms with Crippen LogP contribution in [0.2, 0.25) is 0 Å². The van der Waals surface area contributed by atoms with E-state index in [0.717, 1.165) is 14.9 Å². The highest BCUT2D eigenvalue weighted by molar-refractivity contribution is 9.10. The van der Waals surface area contributed by atoms with E-state index in [2.05, 4.69) is 21.2 Å². The lowest BCUT2D eigenvalue weighted by Crippen LogP contribution is -2.34. The molecular weight excluding hydrogens is 326 g/mol. The van der Waals surface area contributed by atoms with E-state index in [-0.39, 0.29) is 18.6 Å². The summed E-state index contributed by atoms with van der Waals surface area (Å²) in [6, 6.07) is 11.5. The molecule has 0 aliphatic rings. The van der Waals surface area contributed by atoms with Crippen molar-refractivity contribution < 1.29 is 9.90 Å². The van der Waals surface area contributed by atoms with Gasteiger partial charge in [0.2, 0.25) is 0 Å². The van der Waals surface area contributed by atoms with Crippen molar-refractivity contribution in [2.24, 2.45) is 0 Å². The number of hydrogen-bond donors (Lipinski definition) is 2. The maximum Gasteiger partial charge on any atom is 0.261 e. The molecule has 0 aliphatic heterocycles. The van der Waals surface area contributed by atoms with Crippen molar-refractivity contribution in [1.82, 2.24) is 5.32 Å². The molecule has 1 unspecified atom stereocenters. The zero-order chi connectivity index (χ0) is 13.8. The number of amides is 1. The molecule has 0 aliphatic carbocycles. The Labute approximate surface area is 124 Å². The lowest BCUT2D eigenvalue weighted by molar-refractivity contribution is 0.0926. The molecule has 0 saturated heterocycles. The topological polar surface area (TPSA) is 49.3 Å². The van der Waals surface area contributed by atoms with E-state index in [0.29, 0.717) is 4.88 Å². The van der Waals surface area contributed by atoms with Gasteiger partial charge in [-0.3, -0.25) is 4.79 Å². The molecule has 1 atom stereocenters. The third-order valence-corrected chi connectivity index (χ3v) is 4.27. The van der Waals surface area contributed by atoms with Crippen LogP contribution < -0.4 is 5.32 Å². The summed E-state index contributed by atoms with van der Waals surface area (Å²) in [7, 11) is 0. The van der Waals surface area contributed by atoms with Crippen LogP contribution in [0.3, 0.4) is 0 Å². The smallest absolute Gasteiger partial charge is 0.261 e. The normalized spacial score (nSPS) is 12.2. The molecule has 2 N–H and O–H groups in total. The van der Waals surface area contributed by atoms with Crippen LogP contribution in [-0.4, -0.2) is 23.7 Å². The minimum absolute atomic E-state index is 0.0588. The van der Waals surface area contributed by atoms with Crippen LogP contribution in [0, 0.1) is 0 Å². The van der Waals surface area contributed by atoms with E-state index in [9.17, 15) is 4.79 Å². The molecule has 1 heterocycles. The van der Waals surface area contributed by atoms with Crippen molar-refractivity contribution >= 4 is 33.2 Å². The van der Waals surface area contributed by atoms with Gasteiger partial charge in [0.25, 0.3) is 5.91 Å². The molecule has 5 heteroatoms. The van der Waals surface area contributed by atoms with E-state index in [4.69, 9.17) is 5.11 Å². The third-order valence-electron chi connectivity index (χ3n) is 2.61. The molecule has 100 valence electrons. The summed E-state index contributed by atoms with van der Waals surface area (Å²) in [5.41, 5.74) is 1.09. The van der Waals surface area contributed by atoms with E-state index < -0.39 is 0 Å². The van der Waals surface area contributed by atoms with Crippen LogP contribution in [0.15, 0.2) is 40.9 Å². The molecule has 0 bridgehead atoms. The second kappa shape index (κ2) is 6.32. The Morgan fingerprint density at radius 2 is 2.00 bits per heavy atom. The van der Waals surface area contributed by atoms with Gasteiger partial charge < -0.3 is 10.4 Å². The lowest BCUT2D eigenvalue weighted by atomic mass is 10.2. The van der Waals surface area contributed by atoms with Gasteiger partial charge in [-0.25, -0.2) is 0 Å². The van der Waals surface area contributed by atoms with Gasteiger partial charge in [-0.05, 0) is 36.8 Å². The van der Waals surface area contributed by atoms with Crippen molar-refractivity contribution in [3.8, 4) is 10.4 Å². The van der Waals surface area contributed by atoms with Crippen LogP contribution in [0.25, 0.3) is 10.4 Å². The Hall–Kier alpha value is -1.17. The van der Waals surface area contributed by atoms with Crippen molar-refractivity contribution in [1.29, 1.82) is 0 Å². The summed E-state index contributed by atoms with van der Waals surface area (Å²) in [6.45, 7) is 1.71. The van der Waals surface area contributed by atoms with Crippen molar-refractivity contribution in [3.05, 3.63) is 45.7 Å². The summed E-state index contributed by atoms with van der Waals surface area (Å²) >= 11 is 4.84. The number of carbonyl (C=O) groups is 1. The lowest BCUT2D eigenvalue weighted by Gasteiger charge is -2.08. The summed E-state index contributed by atoms with van der Waals surface area (Å²) in [4.78, 5) is 13.6. The molecule has 2 aromatic rings. The quantitative estimate of drug-likeness (QED) is 0.897. The molecule has 0 fully saturated rings. The van der Waals surface area contributed by atoms with E-state index in [1.165, 1.54) is 11.3 Å². The predicted octanol–water partition coefficient (Wildman–Crippen LogP) is 3.29.